The Balaban J connectivity index is 1.86. The van der Waals surface area contributed by atoms with E-state index in [1.165, 1.54) is 0 Å². The molecule has 1 aliphatic rings. The van der Waals surface area contributed by atoms with Crippen LogP contribution in [0.5, 0.6) is 0 Å². The first-order chi connectivity index (χ1) is 11.8. The summed E-state index contributed by atoms with van der Waals surface area (Å²) < 4.78 is 65.6. The number of anilines is 1. The van der Waals surface area contributed by atoms with Crippen LogP contribution in [0, 0.1) is 0 Å². The number of halogens is 3. The molecular formula is C17H17F3N2O2S. The van der Waals surface area contributed by atoms with Crippen molar-refractivity contribution in [1.82, 2.24) is 5.32 Å². The molecule has 0 spiro atoms. The maximum Gasteiger partial charge on any atom is 0.416 e. The summed E-state index contributed by atoms with van der Waals surface area (Å²) in [4.78, 5) is -0.421. The topological polar surface area (TPSA) is 58.2 Å². The van der Waals surface area contributed by atoms with Gasteiger partial charge in [0, 0.05) is 12.2 Å². The summed E-state index contributed by atoms with van der Waals surface area (Å²) in [6.45, 7) is 1.73. The molecule has 3 rings (SSSR count). The first-order valence-corrected chi connectivity index (χ1v) is 9.25. The number of hydrogen-bond acceptors (Lipinski definition) is 3. The van der Waals surface area contributed by atoms with Crippen molar-refractivity contribution in [2.24, 2.45) is 0 Å². The van der Waals surface area contributed by atoms with Gasteiger partial charge >= 0.3 is 6.18 Å². The molecule has 2 aromatic rings. The van der Waals surface area contributed by atoms with Crippen molar-refractivity contribution >= 4 is 15.7 Å². The molecule has 0 saturated carbocycles. The molecule has 1 atom stereocenters. The molecule has 0 bridgehead atoms. The smallest absolute Gasteiger partial charge is 0.316 e. The van der Waals surface area contributed by atoms with Gasteiger partial charge in [0.05, 0.1) is 10.5 Å². The summed E-state index contributed by atoms with van der Waals surface area (Å²) in [5.74, 6) is 0.304. The van der Waals surface area contributed by atoms with E-state index in [0.717, 1.165) is 43.3 Å². The van der Waals surface area contributed by atoms with Crippen molar-refractivity contribution in [3.63, 3.8) is 0 Å². The highest BCUT2D eigenvalue weighted by Crippen LogP contribution is 2.31. The van der Waals surface area contributed by atoms with Crippen molar-refractivity contribution in [1.29, 1.82) is 0 Å². The van der Waals surface area contributed by atoms with Gasteiger partial charge in [-0.15, -0.1) is 0 Å². The molecule has 4 nitrogen and oxygen atoms in total. The molecule has 0 radical (unpaired) electrons. The van der Waals surface area contributed by atoms with Crippen LogP contribution in [0.15, 0.2) is 53.4 Å². The molecule has 1 fully saturated rings. The number of rotatable bonds is 4. The minimum Gasteiger partial charge on any atom is -0.316 e. The highest BCUT2D eigenvalue weighted by atomic mass is 32.2. The van der Waals surface area contributed by atoms with Gasteiger partial charge in [0.1, 0.15) is 0 Å². The van der Waals surface area contributed by atoms with Gasteiger partial charge in [-0.3, -0.25) is 4.72 Å². The van der Waals surface area contributed by atoms with Gasteiger partial charge in [-0.2, -0.15) is 13.2 Å². The SMILES string of the molecule is O=S(=O)(Nc1cccc(C2CCNC2)c1)c1cccc(C(F)(F)F)c1. The highest BCUT2D eigenvalue weighted by molar-refractivity contribution is 7.92. The highest BCUT2D eigenvalue weighted by Gasteiger charge is 2.31. The van der Waals surface area contributed by atoms with E-state index in [9.17, 15) is 21.6 Å². The fourth-order valence-electron chi connectivity index (χ4n) is 2.85. The first-order valence-electron chi connectivity index (χ1n) is 7.76. The van der Waals surface area contributed by atoms with E-state index in [-0.39, 0.29) is 0 Å². The zero-order chi connectivity index (χ0) is 18.1. The van der Waals surface area contributed by atoms with Crippen molar-refractivity contribution < 1.29 is 21.6 Å². The average Bonchev–Trinajstić information content (AvgIpc) is 3.08. The Kier molecular flexibility index (Phi) is 4.75. The Labute approximate surface area is 144 Å². The van der Waals surface area contributed by atoms with Crippen LogP contribution in [0.3, 0.4) is 0 Å². The summed E-state index contributed by atoms with van der Waals surface area (Å²) in [7, 11) is -4.10. The Morgan fingerprint density at radius 1 is 1.08 bits per heavy atom. The first kappa shape index (κ1) is 17.8. The fraction of sp³-hybridized carbons (Fsp3) is 0.294. The third-order valence-electron chi connectivity index (χ3n) is 4.14. The summed E-state index contributed by atoms with van der Waals surface area (Å²) in [5.41, 5.74) is 0.331. The summed E-state index contributed by atoms with van der Waals surface area (Å²) in [5, 5.41) is 3.24. The molecule has 0 aromatic heterocycles. The van der Waals surface area contributed by atoms with Gasteiger partial charge in [0.15, 0.2) is 0 Å². The van der Waals surface area contributed by atoms with Crippen molar-refractivity contribution in [3.8, 4) is 0 Å². The van der Waals surface area contributed by atoms with Crippen LogP contribution in [0.1, 0.15) is 23.5 Å². The Morgan fingerprint density at radius 2 is 1.84 bits per heavy atom. The fourth-order valence-corrected chi connectivity index (χ4v) is 3.94. The maximum atomic E-state index is 12.8. The van der Waals surface area contributed by atoms with Crippen LogP contribution >= 0.6 is 0 Å². The van der Waals surface area contributed by atoms with Crippen LogP contribution in [0.4, 0.5) is 18.9 Å². The number of benzene rings is 2. The Bertz CT molecular complexity index is 860. The lowest BCUT2D eigenvalue weighted by molar-refractivity contribution is -0.137. The predicted molar refractivity (Wildman–Crippen MR) is 88.9 cm³/mol. The molecule has 1 saturated heterocycles. The molecule has 25 heavy (non-hydrogen) atoms. The summed E-state index contributed by atoms with van der Waals surface area (Å²) in [6.07, 6.45) is -3.63. The lowest BCUT2D eigenvalue weighted by atomic mass is 9.98. The van der Waals surface area contributed by atoms with Gasteiger partial charge in [-0.05, 0) is 54.8 Å². The number of nitrogens with one attached hydrogen (secondary N) is 2. The van der Waals surface area contributed by atoms with E-state index in [2.05, 4.69) is 10.0 Å². The van der Waals surface area contributed by atoms with Crippen LogP contribution in [-0.2, 0) is 16.2 Å². The van der Waals surface area contributed by atoms with Crippen LogP contribution in [0.2, 0.25) is 0 Å². The predicted octanol–water partition coefficient (Wildman–Crippen LogP) is 3.58. The van der Waals surface area contributed by atoms with Gasteiger partial charge in [0.25, 0.3) is 10.0 Å². The second-order valence-electron chi connectivity index (χ2n) is 5.95. The van der Waals surface area contributed by atoms with E-state index in [1.807, 2.05) is 6.07 Å². The Morgan fingerprint density at radius 3 is 2.52 bits per heavy atom. The van der Waals surface area contributed by atoms with E-state index in [0.29, 0.717) is 17.7 Å². The standard InChI is InChI=1S/C17H17F3N2O2S/c18-17(19,20)14-4-2-6-16(10-14)25(23,24)22-15-5-1-3-12(9-15)13-7-8-21-11-13/h1-6,9-10,13,21-22H,7-8,11H2. The third-order valence-corrected chi connectivity index (χ3v) is 5.52. The van der Waals surface area contributed by atoms with Crippen LogP contribution in [0.25, 0.3) is 0 Å². The second-order valence-corrected chi connectivity index (χ2v) is 7.63. The summed E-state index contributed by atoms with van der Waals surface area (Å²) in [6, 6.07) is 10.7. The van der Waals surface area contributed by atoms with E-state index in [1.54, 1.807) is 18.2 Å². The minimum absolute atomic E-state index is 0.304. The molecule has 2 aromatic carbocycles. The number of hydrogen-bond donors (Lipinski definition) is 2. The normalized spacial score (nSPS) is 18.3. The molecule has 2 N–H and O–H groups in total. The lowest BCUT2D eigenvalue weighted by Gasteiger charge is -2.13. The molecule has 1 unspecified atom stereocenters. The minimum atomic E-state index is -4.60. The van der Waals surface area contributed by atoms with Crippen molar-refractivity contribution in [2.75, 3.05) is 17.8 Å². The molecule has 1 aliphatic heterocycles. The van der Waals surface area contributed by atoms with Gasteiger partial charge < -0.3 is 5.32 Å². The largest absolute Gasteiger partial charge is 0.416 e. The lowest BCUT2D eigenvalue weighted by Crippen LogP contribution is -2.15. The molecule has 0 amide bonds. The van der Waals surface area contributed by atoms with E-state index < -0.39 is 26.7 Å². The molecular weight excluding hydrogens is 353 g/mol. The maximum absolute atomic E-state index is 12.8. The zero-order valence-electron chi connectivity index (χ0n) is 13.2. The van der Waals surface area contributed by atoms with Gasteiger partial charge in [0.2, 0.25) is 0 Å². The third kappa shape index (κ3) is 4.13. The quantitative estimate of drug-likeness (QED) is 0.865. The van der Waals surface area contributed by atoms with E-state index in [4.69, 9.17) is 0 Å². The molecule has 134 valence electrons. The number of sulfonamides is 1. The van der Waals surface area contributed by atoms with Crippen LogP contribution in [-0.4, -0.2) is 21.5 Å². The second kappa shape index (κ2) is 6.68. The van der Waals surface area contributed by atoms with Crippen LogP contribution < -0.4 is 10.0 Å². The van der Waals surface area contributed by atoms with Gasteiger partial charge in [-0.1, -0.05) is 18.2 Å². The summed E-state index contributed by atoms with van der Waals surface area (Å²) >= 11 is 0. The molecule has 8 heteroatoms. The molecule has 1 heterocycles. The van der Waals surface area contributed by atoms with Crippen molar-refractivity contribution in [2.45, 2.75) is 23.4 Å². The molecule has 0 aliphatic carbocycles. The Hall–Kier alpha value is -2.06. The average molecular weight is 370 g/mol. The number of alkyl halides is 3. The van der Waals surface area contributed by atoms with Crippen molar-refractivity contribution in [3.05, 3.63) is 59.7 Å². The monoisotopic (exact) mass is 370 g/mol. The zero-order valence-corrected chi connectivity index (χ0v) is 14.0. The van der Waals surface area contributed by atoms with E-state index >= 15 is 0 Å². The van der Waals surface area contributed by atoms with Gasteiger partial charge in [-0.25, -0.2) is 8.42 Å².